The minimum Gasteiger partial charge on any atom is -0.314 e. The van der Waals surface area contributed by atoms with E-state index in [0.717, 1.165) is 24.4 Å². The lowest BCUT2D eigenvalue weighted by Crippen LogP contribution is -2.38. The second kappa shape index (κ2) is 2.54. The fourth-order valence-electron chi connectivity index (χ4n) is 2.61. The van der Waals surface area contributed by atoms with Gasteiger partial charge in [-0.25, -0.2) is 0 Å². The predicted octanol–water partition coefficient (Wildman–Crippen LogP) is 1.78. The molecule has 2 saturated carbocycles. The minimum atomic E-state index is 0.892. The van der Waals surface area contributed by atoms with Gasteiger partial charge in [-0.15, -0.1) is 0 Å². The van der Waals surface area contributed by atoms with Gasteiger partial charge in [0.15, 0.2) is 0 Å². The molecule has 0 aromatic heterocycles. The van der Waals surface area contributed by atoms with Gasteiger partial charge in [-0.2, -0.15) is 0 Å². The summed E-state index contributed by atoms with van der Waals surface area (Å²) in [5.41, 5.74) is 0. The fraction of sp³-hybridized carbons (Fsp3) is 1.00. The molecule has 2 rings (SSSR count). The van der Waals surface area contributed by atoms with Crippen LogP contribution < -0.4 is 5.32 Å². The zero-order valence-corrected chi connectivity index (χ0v) is 6.77. The summed E-state index contributed by atoms with van der Waals surface area (Å²) < 4.78 is 0. The van der Waals surface area contributed by atoms with Crippen molar-refractivity contribution < 1.29 is 0 Å². The quantitative estimate of drug-likeness (QED) is 0.615. The molecule has 2 aliphatic carbocycles. The molecule has 0 aromatic carbocycles. The van der Waals surface area contributed by atoms with Crippen LogP contribution in [0.3, 0.4) is 0 Å². The predicted molar refractivity (Wildman–Crippen MR) is 42.9 cm³/mol. The van der Waals surface area contributed by atoms with Crippen molar-refractivity contribution in [1.29, 1.82) is 0 Å². The van der Waals surface area contributed by atoms with Crippen LogP contribution in [0.4, 0.5) is 0 Å². The van der Waals surface area contributed by atoms with E-state index in [0.29, 0.717) is 0 Å². The maximum Gasteiger partial charge on any atom is 0.00979 e. The van der Waals surface area contributed by atoms with Crippen LogP contribution in [0.1, 0.15) is 32.6 Å². The monoisotopic (exact) mass is 139 g/mol. The first-order valence-corrected chi connectivity index (χ1v) is 4.65. The first-order chi connectivity index (χ1) is 4.92. The molecule has 0 spiro atoms. The SMILES string of the molecule is CCNC1CCC2CCC21. The molecule has 3 unspecified atom stereocenters. The first-order valence-electron chi connectivity index (χ1n) is 4.65. The van der Waals surface area contributed by atoms with E-state index in [4.69, 9.17) is 0 Å². The maximum atomic E-state index is 3.58. The molecule has 1 heteroatoms. The highest BCUT2D eigenvalue weighted by Gasteiger charge is 2.41. The Labute approximate surface area is 63.2 Å². The Morgan fingerprint density at radius 2 is 2.00 bits per heavy atom. The van der Waals surface area contributed by atoms with Crippen LogP contribution in [-0.2, 0) is 0 Å². The largest absolute Gasteiger partial charge is 0.314 e. The lowest BCUT2D eigenvalue weighted by atomic mass is 9.75. The third-order valence-corrected chi connectivity index (χ3v) is 3.31. The van der Waals surface area contributed by atoms with E-state index < -0.39 is 0 Å². The molecule has 0 bridgehead atoms. The summed E-state index contributed by atoms with van der Waals surface area (Å²) in [5, 5.41) is 3.58. The molecule has 2 fully saturated rings. The van der Waals surface area contributed by atoms with Crippen LogP contribution in [0.25, 0.3) is 0 Å². The first kappa shape index (κ1) is 6.66. The topological polar surface area (TPSA) is 12.0 Å². The molecule has 0 amide bonds. The van der Waals surface area contributed by atoms with E-state index >= 15 is 0 Å². The molecular weight excluding hydrogens is 122 g/mol. The molecule has 0 radical (unpaired) electrons. The Hall–Kier alpha value is -0.0400. The molecule has 1 nitrogen and oxygen atoms in total. The van der Waals surface area contributed by atoms with Gasteiger partial charge < -0.3 is 5.32 Å². The summed E-state index contributed by atoms with van der Waals surface area (Å²) >= 11 is 0. The highest BCUT2D eigenvalue weighted by molar-refractivity contribution is 4.95. The number of hydrogen-bond donors (Lipinski definition) is 1. The highest BCUT2D eigenvalue weighted by atomic mass is 14.9. The molecule has 2 aliphatic rings. The van der Waals surface area contributed by atoms with Crippen molar-refractivity contribution in [2.45, 2.75) is 38.6 Å². The third-order valence-electron chi connectivity index (χ3n) is 3.31. The Morgan fingerprint density at radius 1 is 1.20 bits per heavy atom. The van der Waals surface area contributed by atoms with Gasteiger partial charge in [0.2, 0.25) is 0 Å². The zero-order chi connectivity index (χ0) is 6.97. The van der Waals surface area contributed by atoms with Gasteiger partial charge in [-0.1, -0.05) is 6.92 Å². The van der Waals surface area contributed by atoms with Crippen LogP contribution in [0.15, 0.2) is 0 Å². The Morgan fingerprint density at radius 3 is 2.50 bits per heavy atom. The van der Waals surface area contributed by atoms with Crippen LogP contribution in [0.5, 0.6) is 0 Å². The van der Waals surface area contributed by atoms with Crippen molar-refractivity contribution >= 4 is 0 Å². The average molecular weight is 139 g/mol. The van der Waals surface area contributed by atoms with E-state index in [1.54, 1.807) is 0 Å². The van der Waals surface area contributed by atoms with Gasteiger partial charge in [0.1, 0.15) is 0 Å². The molecule has 10 heavy (non-hydrogen) atoms. The Balaban J connectivity index is 1.87. The zero-order valence-electron chi connectivity index (χ0n) is 6.77. The Kier molecular flexibility index (Phi) is 1.69. The van der Waals surface area contributed by atoms with Gasteiger partial charge in [0.05, 0.1) is 0 Å². The van der Waals surface area contributed by atoms with Gasteiger partial charge >= 0.3 is 0 Å². The van der Waals surface area contributed by atoms with Crippen molar-refractivity contribution in [2.24, 2.45) is 11.8 Å². The normalized spacial score (nSPS) is 44.7. The standard InChI is InChI=1S/C9H17N/c1-2-10-9-6-4-7-3-5-8(7)9/h7-10H,2-6H2,1H3. The molecule has 0 aliphatic heterocycles. The molecule has 0 heterocycles. The van der Waals surface area contributed by atoms with Gasteiger partial charge in [-0.05, 0) is 44.1 Å². The molecule has 0 saturated heterocycles. The summed E-state index contributed by atoms with van der Waals surface area (Å²) in [4.78, 5) is 0. The maximum absolute atomic E-state index is 3.58. The van der Waals surface area contributed by atoms with Crippen LogP contribution >= 0.6 is 0 Å². The highest BCUT2D eigenvalue weighted by Crippen LogP contribution is 2.46. The van der Waals surface area contributed by atoms with E-state index in [-0.39, 0.29) is 0 Å². The summed E-state index contributed by atoms with van der Waals surface area (Å²) in [6.45, 7) is 3.37. The lowest BCUT2D eigenvalue weighted by molar-refractivity contribution is 0.187. The molecule has 0 aromatic rings. The van der Waals surface area contributed by atoms with Gasteiger partial charge in [0.25, 0.3) is 0 Å². The summed E-state index contributed by atoms with van der Waals surface area (Å²) in [6, 6.07) is 0.892. The lowest BCUT2D eigenvalue weighted by Gasteiger charge is -2.34. The number of hydrogen-bond acceptors (Lipinski definition) is 1. The second-order valence-corrected chi connectivity index (χ2v) is 3.74. The van der Waals surface area contributed by atoms with E-state index in [1.165, 1.54) is 25.7 Å². The van der Waals surface area contributed by atoms with Crippen LogP contribution in [-0.4, -0.2) is 12.6 Å². The molecule has 1 N–H and O–H groups in total. The summed E-state index contributed by atoms with van der Waals surface area (Å²) in [5.74, 6) is 2.18. The van der Waals surface area contributed by atoms with Crippen LogP contribution in [0.2, 0.25) is 0 Å². The summed E-state index contributed by atoms with van der Waals surface area (Å²) in [6.07, 6.45) is 5.97. The van der Waals surface area contributed by atoms with E-state index in [2.05, 4.69) is 12.2 Å². The van der Waals surface area contributed by atoms with E-state index in [1.807, 2.05) is 0 Å². The molecule has 3 atom stereocenters. The fourth-order valence-corrected chi connectivity index (χ4v) is 2.61. The van der Waals surface area contributed by atoms with Crippen molar-refractivity contribution in [3.63, 3.8) is 0 Å². The third kappa shape index (κ3) is 0.878. The minimum absolute atomic E-state index is 0.892. The van der Waals surface area contributed by atoms with Crippen molar-refractivity contribution in [1.82, 2.24) is 5.32 Å². The van der Waals surface area contributed by atoms with Crippen molar-refractivity contribution in [3.8, 4) is 0 Å². The molecule has 58 valence electrons. The smallest absolute Gasteiger partial charge is 0.00979 e. The van der Waals surface area contributed by atoms with Gasteiger partial charge in [0, 0.05) is 6.04 Å². The summed E-state index contributed by atoms with van der Waals surface area (Å²) in [7, 11) is 0. The molecular formula is C9H17N. The number of nitrogens with one attached hydrogen (secondary N) is 1. The number of rotatable bonds is 2. The van der Waals surface area contributed by atoms with E-state index in [9.17, 15) is 0 Å². The number of fused-ring (bicyclic) bond motifs is 1. The average Bonchev–Trinajstić information content (AvgIpc) is 2.08. The van der Waals surface area contributed by atoms with Gasteiger partial charge in [-0.3, -0.25) is 0 Å². The second-order valence-electron chi connectivity index (χ2n) is 3.74. The Bertz CT molecular complexity index is 120. The van der Waals surface area contributed by atoms with Crippen molar-refractivity contribution in [3.05, 3.63) is 0 Å². The van der Waals surface area contributed by atoms with Crippen LogP contribution in [0, 0.1) is 11.8 Å². The van der Waals surface area contributed by atoms with Crippen molar-refractivity contribution in [2.75, 3.05) is 6.54 Å².